The normalized spacial score (nSPS) is 21.4. The Morgan fingerprint density at radius 3 is 2.50 bits per heavy atom. The molecule has 1 aromatic rings. The van der Waals surface area contributed by atoms with Gasteiger partial charge in [0.2, 0.25) is 5.91 Å². The standard InChI is InChI=1S/C17H24N2O/c1-14(20)18-11-8-17(9-12-18)19-10-4-7-15-5-2-3-6-16(15)13-19/h2-3,5-6,17H,4,7-13H2,1H3. The Bertz CT molecular complexity index is 478. The van der Waals surface area contributed by atoms with Crippen LogP contribution in [0.2, 0.25) is 0 Å². The van der Waals surface area contributed by atoms with Gasteiger partial charge in [0.1, 0.15) is 0 Å². The van der Waals surface area contributed by atoms with Crippen molar-refractivity contribution in [2.45, 2.75) is 45.2 Å². The van der Waals surface area contributed by atoms with Crippen molar-refractivity contribution in [1.82, 2.24) is 9.80 Å². The number of hydrogen-bond acceptors (Lipinski definition) is 2. The third kappa shape index (κ3) is 2.88. The van der Waals surface area contributed by atoms with Gasteiger partial charge in [-0.1, -0.05) is 24.3 Å². The molecule has 20 heavy (non-hydrogen) atoms. The number of amides is 1. The van der Waals surface area contributed by atoms with E-state index in [-0.39, 0.29) is 5.91 Å². The van der Waals surface area contributed by atoms with E-state index in [9.17, 15) is 4.79 Å². The summed E-state index contributed by atoms with van der Waals surface area (Å²) in [6.45, 7) is 5.82. The van der Waals surface area contributed by atoms with Gasteiger partial charge >= 0.3 is 0 Å². The molecule has 2 heterocycles. The van der Waals surface area contributed by atoms with Gasteiger partial charge < -0.3 is 4.90 Å². The summed E-state index contributed by atoms with van der Waals surface area (Å²) < 4.78 is 0. The minimum absolute atomic E-state index is 0.227. The van der Waals surface area contributed by atoms with Crippen LogP contribution in [0.4, 0.5) is 0 Å². The number of hydrogen-bond donors (Lipinski definition) is 0. The van der Waals surface area contributed by atoms with Crippen LogP contribution in [0.5, 0.6) is 0 Å². The van der Waals surface area contributed by atoms with Crippen LogP contribution in [0.15, 0.2) is 24.3 Å². The first-order chi connectivity index (χ1) is 9.74. The molecule has 0 spiro atoms. The van der Waals surface area contributed by atoms with E-state index in [1.807, 2.05) is 4.90 Å². The molecule has 0 bridgehead atoms. The van der Waals surface area contributed by atoms with E-state index >= 15 is 0 Å². The minimum atomic E-state index is 0.227. The van der Waals surface area contributed by atoms with Crippen molar-refractivity contribution in [3.63, 3.8) is 0 Å². The van der Waals surface area contributed by atoms with Crippen LogP contribution in [-0.2, 0) is 17.8 Å². The fourth-order valence-corrected chi connectivity index (χ4v) is 3.58. The van der Waals surface area contributed by atoms with Crippen LogP contribution in [0.25, 0.3) is 0 Å². The largest absolute Gasteiger partial charge is 0.343 e. The molecule has 0 radical (unpaired) electrons. The van der Waals surface area contributed by atoms with Crippen molar-refractivity contribution in [3.05, 3.63) is 35.4 Å². The molecule has 0 atom stereocenters. The lowest BCUT2D eigenvalue weighted by Crippen LogP contribution is -2.46. The number of carbonyl (C=O) groups is 1. The molecule has 0 N–H and O–H groups in total. The molecule has 3 heteroatoms. The van der Waals surface area contributed by atoms with Gasteiger partial charge in [0.25, 0.3) is 0 Å². The Labute approximate surface area is 121 Å². The van der Waals surface area contributed by atoms with Crippen LogP contribution in [-0.4, -0.2) is 41.4 Å². The number of nitrogens with zero attached hydrogens (tertiary/aromatic N) is 2. The number of carbonyl (C=O) groups excluding carboxylic acids is 1. The predicted octanol–water partition coefficient (Wildman–Crippen LogP) is 2.45. The van der Waals surface area contributed by atoms with Gasteiger partial charge in [-0.05, 0) is 43.4 Å². The van der Waals surface area contributed by atoms with E-state index < -0.39 is 0 Å². The van der Waals surface area contributed by atoms with Gasteiger partial charge in [0.15, 0.2) is 0 Å². The first-order valence-corrected chi connectivity index (χ1v) is 7.80. The fourth-order valence-electron chi connectivity index (χ4n) is 3.58. The fraction of sp³-hybridized carbons (Fsp3) is 0.588. The Kier molecular flexibility index (Phi) is 4.06. The molecule has 3 rings (SSSR count). The molecule has 3 nitrogen and oxygen atoms in total. The number of rotatable bonds is 1. The maximum Gasteiger partial charge on any atom is 0.219 e. The molecular formula is C17H24N2O. The summed E-state index contributed by atoms with van der Waals surface area (Å²) in [6, 6.07) is 9.51. The molecule has 2 aliphatic heterocycles. The summed E-state index contributed by atoms with van der Waals surface area (Å²) in [5.41, 5.74) is 3.02. The lowest BCUT2D eigenvalue weighted by Gasteiger charge is -2.38. The van der Waals surface area contributed by atoms with E-state index in [1.54, 1.807) is 6.92 Å². The summed E-state index contributed by atoms with van der Waals surface area (Å²) in [7, 11) is 0. The maximum absolute atomic E-state index is 11.4. The van der Waals surface area contributed by atoms with Crippen molar-refractivity contribution in [2.75, 3.05) is 19.6 Å². The molecule has 1 amide bonds. The molecular weight excluding hydrogens is 248 g/mol. The first kappa shape index (κ1) is 13.6. The number of fused-ring (bicyclic) bond motifs is 1. The quantitative estimate of drug-likeness (QED) is 0.784. The Balaban J connectivity index is 1.65. The van der Waals surface area contributed by atoms with E-state index in [0.29, 0.717) is 6.04 Å². The van der Waals surface area contributed by atoms with E-state index in [4.69, 9.17) is 0 Å². The monoisotopic (exact) mass is 272 g/mol. The van der Waals surface area contributed by atoms with E-state index in [0.717, 1.165) is 32.5 Å². The van der Waals surface area contributed by atoms with Crippen molar-refractivity contribution >= 4 is 5.91 Å². The van der Waals surface area contributed by atoms with Crippen LogP contribution >= 0.6 is 0 Å². The summed E-state index contributed by atoms with van der Waals surface area (Å²) in [5, 5.41) is 0. The zero-order valence-electron chi connectivity index (χ0n) is 12.3. The highest BCUT2D eigenvalue weighted by Gasteiger charge is 2.26. The molecule has 0 aromatic heterocycles. The van der Waals surface area contributed by atoms with Gasteiger partial charge in [0.05, 0.1) is 0 Å². The zero-order valence-corrected chi connectivity index (χ0v) is 12.3. The molecule has 1 fully saturated rings. The molecule has 1 saturated heterocycles. The van der Waals surface area contributed by atoms with Gasteiger partial charge in [-0.2, -0.15) is 0 Å². The topological polar surface area (TPSA) is 23.6 Å². The highest BCUT2D eigenvalue weighted by molar-refractivity contribution is 5.73. The Morgan fingerprint density at radius 1 is 1.10 bits per heavy atom. The number of piperidine rings is 1. The molecule has 0 aliphatic carbocycles. The summed E-state index contributed by atoms with van der Waals surface area (Å²) in [6.07, 6.45) is 4.71. The zero-order chi connectivity index (χ0) is 13.9. The van der Waals surface area contributed by atoms with Gasteiger partial charge in [0, 0.05) is 32.6 Å². The lowest BCUT2D eigenvalue weighted by atomic mass is 10.0. The second-order valence-corrected chi connectivity index (χ2v) is 6.08. The van der Waals surface area contributed by atoms with Crippen molar-refractivity contribution < 1.29 is 4.79 Å². The Morgan fingerprint density at radius 2 is 1.80 bits per heavy atom. The molecule has 1 aromatic carbocycles. The van der Waals surface area contributed by atoms with Crippen molar-refractivity contribution in [3.8, 4) is 0 Å². The van der Waals surface area contributed by atoms with E-state index in [1.165, 1.54) is 30.5 Å². The maximum atomic E-state index is 11.4. The molecule has 2 aliphatic rings. The highest BCUT2D eigenvalue weighted by atomic mass is 16.2. The first-order valence-electron chi connectivity index (χ1n) is 7.80. The number of aryl methyl sites for hydroxylation is 1. The van der Waals surface area contributed by atoms with Gasteiger partial charge in [-0.25, -0.2) is 0 Å². The SMILES string of the molecule is CC(=O)N1CCC(N2CCCc3ccccc3C2)CC1. The predicted molar refractivity (Wildman–Crippen MR) is 80.4 cm³/mol. The third-order valence-corrected chi connectivity index (χ3v) is 4.81. The molecule has 0 saturated carbocycles. The molecule has 0 unspecified atom stereocenters. The smallest absolute Gasteiger partial charge is 0.219 e. The summed E-state index contributed by atoms with van der Waals surface area (Å²) in [5.74, 6) is 0.227. The third-order valence-electron chi connectivity index (χ3n) is 4.81. The van der Waals surface area contributed by atoms with Gasteiger partial charge in [-0.3, -0.25) is 9.69 Å². The Hall–Kier alpha value is -1.35. The van der Waals surface area contributed by atoms with Crippen LogP contribution in [0, 0.1) is 0 Å². The van der Waals surface area contributed by atoms with Crippen LogP contribution in [0.3, 0.4) is 0 Å². The average molecular weight is 272 g/mol. The van der Waals surface area contributed by atoms with Crippen molar-refractivity contribution in [1.29, 1.82) is 0 Å². The second kappa shape index (κ2) is 5.96. The van der Waals surface area contributed by atoms with Crippen molar-refractivity contribution in [2.24, 2.45) is 0 Å². The highest BCUT2D eigenvalue weighted by Crippen LogP contribution is 2.24. The minimum Gasteiger partial charge on any atom is -0.343 e. The number of benzene rings is 1. The van der Waals surface area contributed by atoms with Crippen LogP contribution < -0.4 is 0 Å². The second-order valence-electron chi connectivity index (χ2n) is 6.08. The van der Waals surface area contributed by atoms with Crippen LogP contribution in [0.1, 0.15) is 37.3 Å². The lowest BCUT2D eigenvalue weighted by molar-refractivity contribution is -0.130. The van der Waals surface area contributed by atoms with E-state index in [2.05, 4.69) is 29.2 Å². The van der Waals surface area contributed by atoms with Gasteiger partial charge in [-0.15, -0.1) is 0 Å². The summed E-state index contributed by atoms with van der Waals surface area (Å²) >= 11 is 0. The number of likely N-dealkylation sites (tertiary alicyclic amines) is 1. The molecule has 108 valence electrons. The average Bonchev–Trinajstić information content (AvgIpc) is 2.69. The summed E-state index contributed by atoms with van der Waals surface area (Å²) in [4.78, 5) is 16.0.